The van der Waals surface area contributed by atoms with Crippen LogP contribution >= 0.6 is 0 Å². The SMILES string of the molecule is Cc1nc(NN)cc(NCCc2cccc(F)c2)n1. The van der Waals surface area contributed by atoms with Gasteiger partial charge in [-0.25, -0.2) is 20.2 Å². The Morgan fingerprint density at radius 3 is 2.74 bits per heavy atom. The maximum Gasteiger partial charge on any atom is 0.145 e. The Balaban J connectivity index is 1.94. The first-order chi connectivity index (χ1) is 9.17. The summed E-state index contributed by atoms with van der Waals surface area (Å²) in [7, 11) is 0. The summed E-state index contributed by atoms with van der Waals surface area (Å²) in [5.74, 6) is 6.97. The molecule has 19 heavy (non-hydrogen) atoms. The van der Waals surface area contributed by atoms with Gasteiger partial charge in [0.25, 0.3) is 0 Å². The van der Waals surface area contributed by atoms with Crippen molar-refractivity contribution in [3.8, 4) is 0 Å². The number of aryl methyl sites for hydroxylation is 1. The predicted molar refractivity (Wildman–Crippen MR) is 73.2 cm³/mol. The van der Waals surface area contributed by atoms with E-state index in [1.165, 1.54) is 12.1 Å². The zero-order valence-corrected chi connectivity index (χ0v) is 10.7. The molecule has 0 fully saturated rings. The van der Waals surface area contributed by atoms with Gasteiger partial charge in [-0.2, -0.15) is 0 Å². The van der Waals surface area contributed by atoms with Crippen LogP contribution in [0, 0.1) is 12.7 Å². The number of hydrogen-bond donors (Lipinski definition) is 3. The van der Waals surface area contributed by atoms with E-state index < -0.39 is 0 Å². The summed E-state index contributed by atoms with van der Waals surface area (Å²) < 4.78 is 13.0. The molecule has 0 spiro atoms. The van der Waals surface area contributed by atoms with Crippen LogP contribution in [0.15, 0.2) is 30.3 Å². The van der Waals surface area contributed by atoms with Crippen molar-refractivity contribution in [3.05, 3.63) is 47.5 Å². The minimum atomic E-state index is -0.218. The minimum absolute atomic E-state index is 0.218. The van der Waals surface area contributed by atoms with Crippen molar-refractivity contribution < 1.29 is 4.39 Å². The van der Waals surface area contributed by atoms with E-state index in [-0.39, 0.29) is 5.82 Å². The molecule has 0 unspecified atom stereocenters. The fraction of sp³-hybridized carbons (Fsp3) is 0.231. The fourth-order valence-electron chi connectivity index (χ4n) is 1.76. The topological polar surface area (TPSA) is 75.9 Å². The van der Waals surface area contributed by atoms with E-state index in [4.69, 9.17) is 5.84 Å². The highest BCUT2D eigenvalue weighted by Crippen LogP contribution is 2.10. The van der Waals surface area contributed by atoms with Crippen molar-refractivity contribution in [1.82, 2.24) is 9.97 Å². The lowest BCUT2D eigenvalue weighted by Crippen LogP contribution is -2.12. The van der Waals surface area contributed by atoms with Crippen LogP contribution in [0.25, 0.3) is 0 Å². The van der Waals surface area contributed by atoms with Crippen LogP contribution in [0.2, 0.25) is 0 Å². The van der Waals surface area contributed by atoms with E-state index in [0.717, 1.165) is 5.56 Å². The quantitative estimate of drug-likeness (QED) is 0.566. The first-order valence-corrected chi connectivity index (χ1v) is 5.98. The summed E-state index contributed by atoms with van der Waals surface area (Å²) in [6.07, 6.45) is 0.714. The smallest absolute Gasteiger partial charge is 0.145 e. The number of hydrazine groups is 1. The van der Waals surface area contributed by atoms with E-state index in [1.807, 2.05) is 6.07 Å². The van der Waals surface area contributed by atoms with E-state index in [0.29, 0.717) is 30.4 Å². The average Bonchev–Trinajstić information content (AvgIpc) is 2.38. The van der Waals surface area contributed by atoms with E-state index >= 15 is 0 Å². The molecule has 0 atom stereocenters. The molecular weight excluding hydrogens is 245 g/mol. The van der Waals surface area contributed by atoms with Crippen LogP contribution in [0.1, 0.15) is 11.4 Å². The molecule has 1 aromatic heterocycles. The maximum absolute atomic E-state index is 13.0. The molecule has 1 aromatic carbocycles. The van der Waals surface area contributed by atoms with Gasteiger partial charge in [-0.05, 0) is 31.0 Å². The fourth-order valence-corrected chi connectivity index (χ4v) is 1.76. The van der Waals surface area contributed by atoms with E-state index in [2.05, 4.69) is 20.7 Å². The van der Waals surface area contributed by atoms with Crippen molar-refractivity contribution in [3.63, 3.8) is 0 Å². The Kier molecular flexibility index (Phi) is 4.25. The molecule has 0 saturated heterocycles. The summed E-state index contributed by atoms with van der Waals surface area (Å²) in [5.41, 5.74) is 3.42. The molecular formula is C13H16FN5. The van der Waals surface area contributed by atoms with Crippen LogP contribution in [0.3, 0.4) is 0 Å². The third kappa shape index (κ3) is 3.89. The molecule has 4 N–H and O–H groups in total. The summed E-state index contributed by atoms with van der Waals surface area (Å²) in [5, 5.41) is 3.16. The summed E-state index contributed by atoms with van der Waals surface area (Å²) in [6.45, 7) is 2.45. The lowest BCUT2D eigenvalue weighted by atomic mass is 10.1. The Morgan fingerprint density at radius 2 is 2.00 bits per heavy atom. The highest BCUT2D eigenvalue weighted by atomic mass is 19.1. The van der Waals surface area contributed by atoms with Gasteiger partial charge in [0.15, 0.2) is 0 Å². The molecule has 0 aliphatic heterocycles. The Hall–Kier alpha value is -2.21. The number of nitrogens with one attached hydrogen (secondary N) is 2. The standard InChI is InChI=1S/C13H16FN5/c1-9-17-12(8-13(18-9)19-15)16-6-5-10-3-2-4-11(14)7-10/h2-4,7-8H,5-6,15H2,1H3,(H2,16,17,18,19). The normalized spacial score (nSPS) is 10.3. The lowest BCUT2D eigenvalue weighted by molar-refractivity contribution is 0.625. The summed E-state index contributed by atoms with van der Waals surface area (Å²) >= 11 is 0. The molecule has 0 amide bonds. The molecule has 0 bridgehead atoms. The van der Waals surface area contributed by atoms with Crippen LogP contribution < -0.4 is 16.6 Å². The zero-order valence-electron chi connectivity index (χ0n) is 10.7. The second kappa shape index (κ2) is 6.10. The van der Waals surface area contributed by atoms with Crippen LogP contribution in [0.4, 0.5) is 16.0 Å². The Bertz CT molecular complexity index is 558. The lowest BCUT2D eigenvalue weighted by Gasteiger charge is -2.08. The van der Waals surface area contributed by atoms with Crippen molar-refractivity contribution in [2.75, 3.05) is 17.3 Å². The number of rotatable bonds is 5. The van der Waals surface area contributed by atoms with E-state index in [1.54, 1.807) is 19.1 Å². The third-order valence-electron chi connectivity index (χ3n) is 2.59. The molecule has 0 aliphatic carbocycles. The molecule has 2 rings (SSSR count). The van der Waals surface area contributed by atoms with Gasteiger partial charge < -0.3 is 10.7 Å². The van der Waals surface area contributed by atoms with Gasteiger partial charge in [-0.15, -0.1) is 0 Å². The number of hydrogen-bond acceptors (Lipinski definition) is 5. The molecule has 5 nitrogen and oxygen atoms in total. The third-order valence-corrected chi connectivity index (χ3v) is 2.59. The van der Waals surface area contributed by atoms with Gasteiger partial charge in [0.1, 0.15) is 23.3 Å². The van der Waals surface area contributed by atoms with Crippen LogP contribution in [-0.2, 0) is 6.42 Å². The molecule has 0 radical (unpaired) electrons. The first kappa shape index (κ1) is 13.2. The molecule has 6 heteroatoms. The van der Waals surface area contributed by atoms with Crippen molar-refractivity contribution in [1.29, 1.82) is 0 Å². The summed E-state index contributed by atoms with van der Waals surface area (Å²) in [4.78, 5) is 8.33. The molecule has 0 aliphatic rings. The van der Waals surface area contributed by atoms with Gasteiger partial charge in [0, 0.05) is 12.6 Å². The van der Waals surface area contributed by atoms with Gasteiger partial charge in [0.05, 0.1) is 0 Å². The van der Waals surface area contributed by atoms with Crippen molar-refractivity contribution in [2.24, 2.45) is 5.84 Å². The zero-order chi connectivity index (χ0) is 13.7. The Labute approximate surface area is 111 Å². The van der Waals surface area contributed by atoms with Crippen LogP contribution in [0.5, 0.6) is 0 Å². The molecule has 0 saturated carbocycles. The van der Waals surface area contributed by atoms with Gasteiger partial charge in [0.2, 0.25) is 0 Å². The van der Waals surface area contributed by atoms with Gasteiger partial charge in [-0.1, -0.05) is 12.1 Å². The monoisotopic (exact) mass is 261 g/mol. The second-order valence-electron chi connectivity index (χ2n) is 4.14. The number of nitrogen functional groups attached to an aromatic ring is 1. The Morgan fingerprint density at radius 1 is 1.21 bits per heavy atom. The molecule has 1 heterocycles. The largest absolute Gasteiger partial charge is 0.370 e. The number of anilines is 2. The van der Waals surface area contributed by atoms with Crippen molar-refractivity contribution >= 4 is 11.6 Å². The average molecular weight is 261 g/mol. The van der Waals surface area contributed by atoms with Gasteiger partial charge >= 0.3 is 0 Å². The number of benzene rings is 1. The number of aromatic nitrogens is 2. The predicted octanol–water partition coefficient (Wildman–Crippen LogP) is 1.86. The van der Waals surface area contributed by atoms with Crippen LogP contribution in [-0.4, -0.2) is 16.5 Å². The second-order valence-corrected chi connectivity index (χ2v) is 4.14. The molecule has 100 valence electrons. The van der Waals surface area contributed by atoms with E-state index in [9.17, 15) is 4.39 Å². The van der Waals surface area contributed by atoms with Crippen molar-refractivity contribution in [2.45, 2.75) is 13.3 Å². The highest BCUT2D eigenvalue weighted by molar-refractivity contribution is 5.46. The maximum atomic E-state index is 13.0. The number of nitrogens with two attached hydrogens (primary N) is 1. The number of halogens is 1. The minimum Gasteiger partial charge on any atom is -0.370 e. The molecule has 2 aromatic rings. The highest BCUT2D eigenvalue weighted by Gasteiger charge is 2.01. The first-order valence-electron chi connectivity index (χ1n) is 5.98. The van der Waals surface area contributed by atoms with Gasteiger partial charge in [-0.3, -0.25) is 0 Å². The summed E-state index contributed by atoms with van der Waals surface area (Å²) in [6, 6.07) is 8.28. The number of nitrogens with zero attached hydrogens (tertiary/aromatic N) is 2.